The Bertz CT molecular complexity index is 434. The van der Waals surface area contributed by atoms with Crippen LogP contribution in [0.3, 0.4) is 0 Å². The minimum Gasteiger partial charge on any atom is -0.460 e. The highest BCUT2D eigenvalue weighted by Crippen LogP contribution is 2.18. The largest absolute Gasteiger partial charge is 0.460 e. The summed E-state index contributed by atoms with van der Waals surface area (Å²) in [7, 11) is 0. The van der Waals surface area contributed by atoms with E-state index in [1.165, 1.54) is 6.26 Å². The van der Waals surface area contributed by atoms with Gasteiger partial charge < -0.3 is 14.5 Å². The number of furan rings is 1. The number of rotatable bonds is 4. The van der Waals surface area contributed by atoms with E-state index in [0.29, 0.717) is 4.47 Å². The average molecular weight is 318 g/mol. The van der Waals surface area contributed by atoms with Crippen molar-refractivity contribution in [3.8, 4) is 0 Å². The number of amides is 1. The van der Waals surface area contributed by atoms with Crippen molar-refractivity contribution in [2.24, 2.45) is 0 Å². The maximum atomic E-state index is 11.7. The van der Waals surface area contributed by atoms with Crippen molar-refractivity contribution in [1.82, 2.24) is 5.32 Å². The lowest BCUT2D eigenvalue weighted by Crippen LogP contribution is -2.33. The van der Waals surface area contributed by atoms with Crippen LogP contribution in [-0.2, 0) is 4.74 Å². The summed E-state index contributed by atoms with van der Waals surface area (Å²) in [6.45, 7) is 5.54. The van der Waals surface area contributed by atoms with Crippen molar-refractivity contribution in [2.75, 3.05) is 6.54 Å². The molecule has 0 saturated heterocycles. The second-order valence-electron chi connectivity index (χ2n) is 4.70. The van der Waals surface area contributed by atoms with Gasteiger partial charge in [-0.25, -0.2) is 4.79 Å². The molecule has 0 unspecified atom stereocenters. The fourth-order valence-electron chi connectivity index (χ4n) is 1.20. The third kappa shape index (κ3) is 4.91. The van der Waals surface area contributed by atoms with Crippen molar-refractivity contribution < 1.29 is 18.7 Å². The number of nitrogens with one attached hydrogen (secondary N) is 1. The van der Waals surface area contributed by atoms with Gasteiger partial charge in [0.05, 0.1) is 10.7 Å². The van der Waals surface area contributed by atoms with Crippen LogP contribution in [0.1, 0.15) is 37.7 Å². The molecule has 0 saturated carbocycles. The molecule has 1 N–H and O–H groups in total. The number of halogens is 1. The van der Waals surface area contributed by atoms with E-state index in [9.17, 15) is 9.59 Å². The summed E-state index contributed by atoms with van der Waals surface area (Å²) >= 11 is 3.20. The molecule has 1 heterocycles. The molecule has 1 rings (SSSR count). The van der Waals surface area contributed by atoms with Gasteiger partial charge in [-0.15, -0.1) is 0 Å². The first kappa shape index (κ1) is 14.8. The minimum atomic E-state index is -0.544. The lowest BCUT2D eigenvalue weighted by atomic mass is 10.2. The van der Waals surface area contributed by atoms with Crippen LogP contribution >= 0.6 is 15.9 Å². The molecule has 100 valence electrons. The van der Waals surface area contributed by atoms with E-state index < -0.39 is 11.7 Å². The van der Waals surface area contributed by atoms with Crippen molar-refractivity contribution >= 4 is 27.8 Å². The second-order valence-corrected chi connectivity index (χ2v) is 5.55. The zero-order valence-corrected chi connectivity index (χ0v) is 12.2. The smallest absolute Gasteiger partial charge is 0.407 e. The van der Waals surface area contributed by atoms with Crippen LogP contribution in [0.5, 0.6) is 0 Å². The second kappa shape index (κ2) is 6.04. The van der Waals surface area contributed by atoms with Gasteiger partial charge in [0.25, 0.3) is 0 Å². The molecule has 0 aliphatic rings. The molecule has 0 aromatic carbocycles. The van der Waals surface area contributed by atoms with Crippen LogP contribution < -0.4 is 5.32 Å². The Morgan fingerprint density at radius 2 is 2.11 bits per heavy atom. The fourth-order valence-corrected chi connectivity index (χ4v) is 1.62. The molecule has 6 heteroatoms. The van der Waals surface area contributed by atoms with Crippen molar-refractivity contribution in [1.29, 1.82) is 0 Å². The van der Waals surface area contributed by atoms with Gasteiger partial charge >= 0.3 is 6.09 Å². The van der Waals surface area contributed by atoms with Crippen LogP contribution in [-0.4, -0.2) is 24.0 Å². The van der Waals surface area contributed by atoms with Gasteiger partial charge in [-0.05, 0) is 42.8 Å². The molecule has 0 spiro atoms. The van der Waals surface area contributed by atoms with Crippen LogP contribution in [0.4, 0.5) is 4.79 Å². The summed E-state index contributed by atoms with van der Waals surface area (Å²) in [6, 6.07) is 1.65. The summed E-state index contributed by atoms with van der Waals surface area (Å²) in [6.07, 6.45) is 1.05. The molecule has 1 amide bonds. The highest BCUT2D eigenvalue weighted by molar-refractivity contribution is 9.10. The molecule has 0 fully saturated rings. The van der Waals surface area contributed by atoms with E-state index in [0.717, 1.165) is 0 Å². The first-order chi connectivity index (χ1) is 8.29. The van der Waals surface area contributed by atoms with Gasteiger partial charge in [0.1, 0.15) is 5.60 Å². The number of alkyl carbamates (subject to hydrolysis) is 1. The van der Waals surface area contributed by atoms with E-state index in [4.69, 9.17) is 9.15 Å². The van der Waals surface area contributed by atoms with Crippen LogP contribution in [0, 0.1) is 0 Å². The number of Topliss-reactive ketones (excluding diaryl/α,β-unsaturated/α-hetero) is 1. The highest BCUT2D eigenvalue weighted by Gasteiger charge is 2.17. The number of hydrogen-bond donors (Lipinski definition) is 1. The van der Waals surface area contributed by atoms with E-state index >= 15 is 0 Å². The number of ether oxygens (including phenoxy) is 1. The van der Waals surface area contributed by atoms with Crippen molar-refractivity contribution in [3.05, 3.63) is 22.6 Å². The number of carbonyl (C=O) groups is 2. The van der Waals surface area contributed by atoms with E-state index in [1.54, 1.807) is 26.8 Å². The maximum Gasteiger partial charge on any atom is 0.407 e. The van der Waals surface area contributed by atoms with Gasteiger partial charge in [0.2, 0.25) is 5.78 Å². The Balaban J connectivity index is 2.33. The molecule has 18 heavy (non-hydrogen) atoms. The third-order valence-electron chi connectivity index (χ3n) is 1.89. The molecule has 1 aromatic heterocycles. The normalized spacial score (nSPS) is 11.1. The Labute approximate surface area is 114 Å². The summed E-state index contributed by atoms with van der Waals surface area (Å²) in [4.78, 5) is 23.0. The Hall–Kier alpha value is -1.30. The quantitative estimate of drug-likeness (QED) is 0.866. The van der Waals surface area contributed by atoms with Crippen LogP contribution in [0.2, 0.25) is 0 Å². The van der Waals surface area contributed by atoms with Gasteiger partial charge in [0.15, 0.2) is 5.76 Å². The zero-order valence-electron chi connectivity index (χ0n) is 10.6. The van der Waals surface area contributed by atoms with Crippen LogP contribution in [0.25, 0.3) is 0 Å². The lowest BCUT2D eigenvalue weighted by Gasteiger charge is -2.19. The number of hydrogen-bond acceptors (Lipinski definition) is 4. The average Bonchev–Trinajstić information content (AvgIpc) is 2.61. The summed E-state index contributed by atoms with van der Waals surface area (Å²) in [5, 5.41) is 2.51. The molecule has 0 bridgehead atoms. The van der Waals surface area contributed by atoms with Crippen LogP contribution in [0.15, 0.2) is 21.2 Å². The highest BCUT2D eigenvalue weighted by atomic mass is 79.9. The zero-order chi connectivity index (χ0) is 13.8. The van der Waals surface area contributed by atoms with E-state index in [1.807, 2.05) is 0 Å². The Kier molecular flexibility index (Phi) is 4.95. The molecular weight excluding hydrogens is 302 g/mol. The molecule has 1 aromatic rings. The molecule has 0 aliphatic heterocycles. The first-order valence-corrected chi connectivity index (χ1v) is 6.32. The van der Waals surface area contributed by atoms with Gasteiger partial charge in [0, 0.05) is 13.0 Å². The standard InChI is InChI=1S/C12H16BrNO4/c1-12(2,3)18-11(16)14-6-4-9(15)10-8(13)5-7-17-10/h5,7H,4,6H2,1-3H3,(H,14,16). The molecule has 0 atom stereocenters. The van der Waals surface area contributed by atoms with Gasteiger partial charge in [-0.3, -0.25) is 4.79 Å². The van der Waals surface area contributed by atoms with Gasteiger partial charge in [-0.2, -0.15) is 0 Å². The van der Waals surface area contributed by atoms with Crippen molar-refractivity contribution in [3.63, 3.8) is 0 Å². The fraction of sp³-hybridized carbons (Fsp3) is 0.500. The topological polar surface area (TPSA) is 68.5 Å². The summed E-state index contributed by atoms with van der Waals surface area (Å²) in [5.74, 6) is 0.0870. The summed E-state index contributed by atoms with van der Waals surface area (Å²) in [5.41, 5.74) is -0.544. The predicted molar refractivity (Wildman–Crippen MR) is 69.6 cm³/mol. The third-order valence-corrected chi connectivity index (χ3v) is 2.52. The van der Waals surface area contributed by atoms with E-state index in [-0.39, 0.29) is 24.5 Å². The van der Waals surface area contributed by atoms with Crippen molar-refractivity contribution in [2.45, 2.75) is 32.8 Å². The molecule has 0 aliphatic carbocycles. The van der Waals surface area contributed by atoms with E-state index in [2.05, 4.69) is 21.2 Å². The SMILES string of the molecule is CC(C)(C)OC(=O)NCCC(=O)c1occc1Br. The first-order valence-electron chi connectivity index (χ1n) is 5.52. The molecule has 0 radical (unpaired) electrons. The molecular formula is C12H16BrNO4. The Morgan fingerprint density at radius 3 is 2.61 bits per heavy atom. The Morgan fingerprint density at radius 1 is 1.44 bits per heavy atom. The lowest BCUT2D eigenvalue weighted by molar-refractivity contribution is 0.0527. The molecule has 5 nitrogen and oxygen atoms in total. The minimum absolute atomic E-state index is 0.158. The maximum absolute atomic E-state index is 11.7. The predicted octanol–water partition coefficient (Wildman–Crippen LogP) is 3.14. The van der Waals surface area contributed by atoms with Gasteiger partial charge in [-0.1, -0.05) is 0 Å². The summed E-state index contributed by atoms with van der Waals surface area (Å²) < 4.78 is 10.7. The number of ketones is 1. The number of carbonyl (C=O) groups excluding carboxylic acids is 2. The monoisotopic (exact) mass is 317 g/mol.